The molecule has 6 nitrogen and oxygen atoms in total. The van der Waals surface area contributed by atoms with Crippen molar-refractivity contribution in [1.82, 2.24) is 15.3 Å². The van der Waals surface area contributed by atoms with Crippen molar-refractivity contribution in [1.29, 1.82) is 0 Å². The van der Waals surface area contributed by atoms with E-state index < -0.39 is 0 Å². The fraction of sp³-hybridized carbons (Fsp3) is 0.545. The fourth-order valence-corrected chi connectivity index (χ4v) is 2.09. The van der Waals surface area contributed by atoms with E-state index in [-0.39, 0.29) is 23.7 Å². The smallest absolute Gasteiger partial charge is 0.256 e. The maximum absolute atomic E-state index is 11.9. The first-order valence-corrected chi connectivity index (χ1v) is 5.85. The molecule has 5 N–H and O–H groups in total. The molecule has 92 valence electrons. The normalized spacial score (nSPS) is 16.7. The number of hydrogen-bond acceptors (Lipinski definition) is 5. The molecule has 0 radical (unpaired) electrons. The lowest BCUT2D eigenvalue weighted by molar-refractivity contribution is 0.0928. The van der Waals surface area contributed by atoms with E-state index in [0.29, 0.717) is 5.56 Å². The van der Waals surface area contributed by atoms with E-state index in [1.807, 2.05) is 0 Å². The number of nitrogen functional groups attached to an aromatic ring is 2. The first kappa shape index (κ1) is 11.6. The number of hydrogen-bond donors (Lipinski definition) is 3. The van der Waals surface area contributed by atoms with Gasteiger partial charge in [-0.2, -0.15) is 4.98 Å². The minimum Gasteiger partial charge on any atom is -0.383 e. The van der Waals surface area contributed by atoms with Crippen LogP contribution in [0.5, 0.6) is 0 Å². The van der Waals surface area contributed by atoms with Gasteiger partial charge in [0, 0.05) is 12.2 Å². The molecule has 1 aromatic rings. The van der Waals surface area contributed by atoms with Crippen LogP contribution in [0, 0.1) is 0 Å². The number of nitrogens with two attached hydrogens (primary N) is 2. The summed E-state index contributed by atoms with van der Waals surface area (Å²) in [4.78, 5) is 19.5. The van der Waals surface area contributed by atoms with Crippen LogP contribution in [0.15, 0.2) is 6.20 Å². The quantitative estimate of drug-likeness (QED) is 0.699. The van der Waals surface area contributed by atoms with E-state index in [1.165, 1.54) is 25.5 Å². The lowest BCUT2D eigenvalue weighted by atomic mass is 9.95. The highest BCUT2D eigenvalue weighted by Gasteiger charge is 2.18. The van der Waals surface area contributed by atoms with Gasteiger partial charge in [-0.3, -0.25) is 4.79 Å². The van der Waals surface area contributed by atoms with Gasteiger partial charge >= 0.3 is 0 Å². The van der Waals surface area contributed by atoms with Crippen molar-refractivity contribution < 1.29 is 4.79 Å². The van der Waals surface area contributed by atoms with Crippen LogP contribution in [0.2, 0.25) is 0 Å². The van der Waals surface area contributed by atoms with Gasteiger partial charge < -0.3 is 16.8 Å². The van der Waals surface area contributed by atoms with Gasteiger partial charge in [-0.15, -0.1) is 0 Å². The highest BCUT2D eigenvalue weighted by Crippen LogP contribution is 2.18. The number of carbonyl (C=O) groups excluding carboxylic acids is 1. The van der Waals surface area contributed by atoms with Gasteiger partial charge in [0.05, 0.1) is 5.56 Å². The molecule has 0 saturated heterocycles. The molecule has 0 unspecified atom stereocenters. The second-order valence-electron chi connectivity index (χ2n) is 4.34. The standard InChI is InChI=1S/C11H17N5O/c12-9-8(6-14-11(13)16-9)10(17)15-7-4-2-1-3-5-7/h6-7H,1-5H2,(H,15,17)(H4,12,13,14,16). The highest BCUT2D eigenvalue weighted by atomic mass is 16.1. The molecule has 1 aliphatic rings. The first-order valence-electron chi connectivity index (χ1n) is 5.85. The topological polar surface area (TPSA) is 107 Å². The van der Waals surface area contributed by atoms with Crippen LogP contribution in [0.1, 0.15) is 42.5 Å². The van der Waals surface area contributed by atoms with Crippen LogP contribution < -0.4 is 16.8 Å². The zero-order valence-electron chi connectivity index (χ0n) is 9.65. The van der Waals surface area contributed by atoms with Crippen LogP contribution in [-0.4, -0.2) is 21.9 Å². The van der Waals surface area contributed by atoms with Crippen molar-refractivity contribution in [2.45, 2.75) is 38.1 Å². The van der Waals surface area contributed by atoms with E-state index >= 15 is 0 Å². The summed E-state index contributed by atoms with van der Waals surface area (Å²) in [5.74, 6) is -0.00285. The summed E-state index contributed by atoms with van der Waals surface area (Å²) in [7, 11) is 0. The van der Waals surface area contributed by atoms with E-state index in [1.54, 1.807) is 0 Å². The third-order valence-corrected chi connectivity index (χ3v) is 3.02. The number of anilines is 2. The number of rotatable bonds is 2. The molecular formula is C11H17N5O. The lowest BCUT2D eigenvalue weighted by Crippen LogP contribution is -2.36. The summed E-state index contributed by atoms with van der Waals surface area (Å²) < 4.78 is 0. The molecule has 0 aromatic carbocycles. The number of nitrogens with zero attached hydrogens (tertiary/aromatic N) is 2. The summed E-state index contributed by atoms with van der Waals surface area (Å²) in [6, 6.07) is 0.244. The molecule has 1 amide bonds. The Morgan fingerprint density at radius 3 is 2.65 bits per heavy atom. The van der Waals surface area contributed by atoms with Gasteiger partial charge in [0.1, 0.15) is 5.82 Å². The predicted octanol–water partition coefficient (Wildman–Crippen LogP) is 0.703. The van der Waals surface area contributed by atoms with Crippen LogP contribution in [0.25, 0.3) is 0 Å². The third-order valence-electron chi connectivity index (χ3n) is 3.02. The molecule has 1 heterocycles. The Morgan fingerprint density at radius 2 is 2.00 bits per heavy atom. The number of carbonyl (C=O) groups is 1. The highest BCUT2D eigenvalue weighted by molar-refractivity contribution is 5.98. The summed E-state index contributed by atoms with van der Waals surface area (Å²) in [5, 5.41) is 2.96. The average Bonchev–Trinajstić information content (AvgIpc) is 2.30. The Kier molecular flexibility index (Phi) is 3.41. The lowest BCUT2D eigenvalue weighted by Gasteiger charge is -2.22. The number of aromatic nitrogens is 2. The van der Waals surface area contributed by atoms with Crippen molar-refractivity contribution >= 4 is 17.7 Å². The Balaban J connectivity index is 2.03. The summed E-state index contributed by atoms with van der Waals surface area (Å²) in [5.41, 5.74) is 11.3. The van der Waals surface area contributed by atoms with Crippen LogP contribution in [0.3, 0.4) is 0 Å². The van der Waals surface area contributed by atoms with Gasteiger partial charge in [-0.1, -0.05) is 19.3 Å². The molecule has 0 bridgehead atoms. The van der Waals surface area contributed by atoms with Crippen LogP contribution in [-0.2, 0) is 0 Å². The maximum Gasteiger partial charge on any atom is 0.256 e. The largest absolute Gasteiger partial charge is 0.383 e. The molecule has 1 fully saturated rings. The molecule has 0 spiro atoms. The van der Waals surface area contributed by atoms with Crippen molar-refractivity contribution in [3.05, 3.63) is 11.8 Å². The molecule has 6 heteroatoms. The zero-order valence-corrected chi connectivity index (χ0v) is 9.65. The molecular weight excluding hydrogens is 218 g/mol. The minimum atomic E-state index is -0.214. The van der Waals surface area contributed by atoms with Gasteiger partial charge in [0.25, 0.3) is 5.91 Å². The molecule has 1 saturated carbocycles. The summed E-state index contributed by atoms with van der Waals surface area (Å²) in [6.45, 7) is 0. The molecule has 0 aliphatic heterocycles. The van der Waals surface area contributed by atoms with Crippen molar-refractivity contribution in [3.63, 3.8) is 0 Å². The van der Waals surface area contributed by atoms with E-state index in [4.69, 9.17) is 11.5 Å². The predicted molar refractivity (Wildman–Crippen MR) is 65.2 cm³/mol. The Morgan fingerprint density at radius 1 is 1.29 bits per heavy atom. The van der Waals surface area contributed by atoms with Crippen molar-refractivity contribution in [2.24, 2.45) is 0 Å². The van der Waals surface area contributed by atoms with Gasteiger partial charge in [0.2, 0.25) is 5.95 Å². The van der Waals surface area contributed by atoms with E-state index in [0.717, 1.165) is 12.8 Å². The van der Waals surface area contributed by atoms with Crippen molar-refractivity contribution in [3.8, 4) is 0 Å². The van der Waals surface area contributed by atoms with Crippen molar-refractivity contribution in [2.75, 3.05) is 11.5 Å². The second kappa shape index (κ2) is 4.99. The number of nitrogens with one attached hydrogen (secondary N) is 1. The van der Waals surface area contributed by atoms with Gasteiger partial charge in [-0.05, 0) is 12.8 Å². The Hall–Kier alpha value is -1.85. The van der Waals surface area contributed by atoms with Gasteiger partial charge in [0.15, 0.2) is 0 Å². The van der Waals surface area contributed by atoms with E-state index in [9.17, 15) is 4.79 Å². The van der Waals surface area contributed by atoms with E-state index in [2.05, 4.69) is 15.3 Å². The number of amides is 1. The second-order valence-corrected chi connectivity index (χ2v) is 4.34. The van der Waals surface area contributed by atoms with Gasteiger partial charge in [-0.25, -0.2) is 4.98 Å². The maximum atomic E-state index is 11.9. The monoisotopic (exact) mass is 235 g/mol. The molecule has 1 aliphatic carbocycles. The Bertz CT molecular complexity index is 414. The van der Waals surface area contributed by atoms with Crippen LogP contribution in [0.4, 0.5) is 11.8 Å². The fourth-order valence-electron chi connectivity index (χ4n) is 2.09. The molecule has 2 rings (SSSR count). The molecule has 1 aromatic heterocycles. The minimum absolute atomic E-state index is 0.0803. The third kappa shape index (κ3) is 2.83. The van der Waals surface area contributed by atoms with Crippen LogP contribution >= 0.6 is 0 Å². The molecule has 17 heavy (non-hydrogen) atoms. The molecule has 0 atom stereocenters. The Labute approximate surface area is 99.8 Å². The SMILES string of the molecule is Nc1ncc(C(=O)NC2CCCCC2)c(N)n1. The zero-order chi connectivity index (χ0) is 12.3. The first-order chi connectivity index (χ1) is 8.16. The summed E-state index contributed by atoms with van der Waals surface area (Å²) in [6.07, 6.45) is 7.01. The summed E-state index contributed by atoms with van der Waals surface area (Å²) >= 11 is 0. The average molecular weight is 235 g/mol.